The highest BCUT2D eigenvalue weighted by Crippen LogP contribution is 2.38. The molecule has 1 fully saturated rings. The smallest absolute Gasteiger partial charge is 0.129 e. The van der Waals surface area contributed by atoms with Crippen LogP contribution in [0, 0.1) is 28.4 Å². The van der Waals surface area contributed by atoms with Crippen LogP contribution < -0.4 is 0 Å². The molecule has 1 aromatic carbocycles. The zero-order chi connectivity index (χ0) is 13.0. The molecule has 0 radical (unpaired) electrons. The number of nitrogens with zero attached hydrogens (tertiary/aromatic N) is 1. The van der Waals surface area contributed by atoms with Crippen molar-refractivity contribution in [1.82, 2.24) is 0 Å². The van der Waals surface area contributed by atoms with Gasteiger partial charge in [-0.3, -0.25) is 0 Å². The monoisotopic (exact) mass is 249 g/mol. The van der Waals surface area contributed by atoms with Crippen molar-refractivity contribution in [2.24, 2.45) is 5.41 Å². The lowest BCUT2D eigenvalue weighted by atomic mass is 9.76. The number of nitriles is 1. The second kappa shape index (κ2) is 5.48. The normalized spacial score (nSPS) is 18.9. The third kappa shape index (κ3) is 2.87. The minimum atomic E-state index is -0.567. The summed E-state index contributed by atoms with van der Waals surface area (Å²) in [5.41, 5.74) is -0.00493. The van der Waals surface area contributed by atoms with Gasteiger partial charge in [0.1, 0.15) is 11.6 Å². The summed E-state index contributed by atoms with van der Waals surface area (Å²) in [4.78, 5) is 0. The average molecular weight is 249 g/mol. The van der Waals surface area contributed by atoms with Gasteiger partial charge in [-0.1, -0.05) is 31.7 Å². The number of rotatable bonds is 2. The van der Waals surface area contributed by atoms with E-state index in [2.05, 4.69) is 6.07 Å². The maximum absolute atomic E-state index is 13.7. The van der Waals surface area contributed by atoms with Crippen LogP contribution in [0.1, 0.15) is 44.1 Å². The number of hydrogen-bond donors (Lipinski definition) is 0. The van der Waals surface area contributed by atoms with Crippen LogP contribution in [0.5, 0.6) is 0 Å². The van der Waals surface area contributed by atoms with E-state index in [1.807, 2.05) is 0 Å². The van der Waals surface area contributed by atoms with Crippen molar-refractivity contribution in [3.05, 3.63) is 35.4 Å². The summed E-state index contributed by atoms with van der Waals surface area (Å²) in [5.74, 6) is -1.10. The van der Waals surface area contributed by atoms with E-state index >= 15 is 0 Å². The van der Waals surface area contributed by atoms with Crippen LogP contribution in [0.2, 0.25) is 0 Å². The molecule has 0 atom stereocenters. The third-order valence-electron chi connectivity index (χ3n) is 3.84. The van der Waals surface area contributed by atoms with Gasteiger partial charge in [-0.2, -0.15) is 5.26 Å². The molecule has 1 nitrogen and oxygen atoms in total. The first-order valence-corrected chi connectivity index (χ1v) is 6.50. The topological polar surface area (TPSA) is 23.8 Å². The van der Waals surface area contributed by atoms with E-state index < -0.39 is 17.0 Å². The summed E-state index contributed by atoms with van der Waals surface area (Å²) < 4.78 is 26.5. The van der Waals surface area contributed by atoms with E-state index in [9.17, 15) is 14.0 Å². The SMILES string of the molecule is N#CC1(Cc2ccc(F)cc2F)CCCCCC1. The predicted octanol–water partition coefficient (Wildman–Crippen LogP) is 4.37. The molecule has 0 N–H and O–H groups in total. The van der Waals surface area contributed by atoms with Crippen LogP contribution in [-0.4, -0.2) is 0 Å². The van der Waals surface area contributed by atoms with Gasteiger partial charge >= 0.3 is 0 Å². The van der Waals surface area contributed by atoms with Gasteiger partial charge in [-0.05, 0) is 30.9 Å². The minimum absolute atomic E-state index is 0.398. The van der Waals surface area contributed by atoms with Crippen molar-refractivity contribution in [2.75, 3.05) is 0 Å². The van der Waals surface area contributed by atoms with Crippen molar-refractivity contribution in [2.45, 2.75) is 44.9 Å². The van der Waals surface area contributed by atoms with Crippen LogP contribution in [0.3, 0.4) is 0 Å². The van der Waals surface area contributed by atoms with E-state index in [0.717, 1.165) is 44.6 Å². The Balaban J connectivity index is 2.21. The van der Waals surface area contributed by atoms with Crippen LogP contribution >= 0.6 is 0 Å². The highest BCUT2D eigenvalue weighted by molar-refractivity contribution is 5.22. The largest absolute Gasteiger partial charge is 0.207 e. The van der Waals surface area contributed by atoms with E-state index in [1.165, 1.54) is 12.1 Å². The number of hydrogen-bond acceptors (Lipinski definition) is 1. The lowest BCUT2D eigenvalue weighted by Gasteiger charge is -2.25. The minimum Gasteiger partial charge on any atom is -0.207 e. The molecule has 0 bridgehead atoms. The Hall–Kier alpha value is -1.43. The van der Waals surface area contributed by atoms with E-state index in [0.29, 0.717) is 12.0 Å². The molecular formula is C15H17F2N. The molecule has 3 heteroatoms. The van der Waals surface area contributed by atoms with Crippen molar-refractivity contribution in [3.8, 4) is 6.07 Å². The van der Waals surface area contributed by atoms with Crippen LogP contribution in [0.15, 0.2) is 18.2 Å². The maximum Gasteiger partial charge on any atom is 0.129 e. The molecule has 1 aliphatic rings. The van der Waals surface area contributed by atoms with Crippen molar-refractivity contribution in [1.29, 1.82) is 5.26 Å². The summed E-state index contributed by atoms with van der Waals surface area (Å²) in [6.07, 6.45) is 6.38. The van der Waals surface area contributed by atoms with E-state index in [4.69, 9.17) is 0 Å². The number of benzene rings is 1. The molecule has 0 heterocycles. The van der Waals surface area contributed by atoms with Crippen molar-refractivity contribution < 1.29 is 8.78 Å². The predicted molar refractivity (Wildman–Crippen MR) is 65.8 cm³/mol. The van der Waals surface area contributed by atoms with Crippen molar-refractivity contribution >= 4 is 0 Å². The molecule has 96 valence electrons. The summed E-state index contributed by atoms with van der Waals surface area (Å²) >= 11 is 0. The Labute approximate surface area is 106 Å². The van der Waals surface area contributed by atoms with Gasteiger partial charge in [-0.15, -0.1) is 0 Å². The molecule has 0 saturated heterocycles. The summed E-state index contributed by atoms with van der Waals surface area (Å²) in [6.45, 7) is 0. The second-order valence-electron chi connectivity index (χ2n) is 5.22. The molecule has 2 rings (SSSR count). The van der Waals surface area contributed by atoms with Gasteiger partial charge in [0.2, 0.25) is 0 Å². The molecule has 0 unspecified atom stereocenters. The van der Waals surface area contributed by atoms with Crippen LogP contribution in [0.25, 0.3) is 0 Å². The van der Waals surface area contributed by atoms with Gasteiger partial charge in [0.05, 0.1) is 11.5 Å². The molecular weight excluding hydrogens is 232 g/mol. The summed E-state index contributed by atoms with van der Waals surface area (Å²) in [7, 11) is 0. The maximum atomic E-state index is 13.7. The fourth-order valence-electron chi connectivity index (χ4n) is 2.76. The highest BCUT2D eigenvalue weighted by Gasteiger charge is 2.32. The van der Waals surface area contributed by atoms with Crippen LogP contribution in [0.4, 0.5) is 8.78 Å². The molecule has 1 aliphatic carbocycles. The zero-order valence-electron chi connectivity index (χ0n) is 10.4. The first-order chi connectivity index (χ1) is 8.65. The van der Waals surface area contributed by atoms with Gasteiger partial charge < -0.3 is 0 Å². The Morgan fingerprint density at radius 2 is 1.78 bits per heavy atom. The first-order valence-electron chi connectivity index (χ1n) is 6.50. The van der Waals surface area contributed by atoms with E-state index in [-0.39, 0.29) is 0 Å². The fraction of sp³-hybridized carbons (Fsp3) is 0.533. The number of halogens is 2. The molecule has 0 amide bonds. The third-order valence-corrected chi connectivity index (χ3v) is 3.84. The Morgan fingerprint density at radius 3 is 2.33 bits per heavy atom. The Kier molecular flexibility index (Phi) is 3.96. The second-order valence-corrected chi connectivity index (χ2v) is 5.22. The van der Waals surface area contributed by atoms with Gasteiger partial charge in [-0.25, -0.2) is 8.78 Å². The lowest BCUT2D eigenvalue weighted by molar-refractivity contribution is 0.334. The summed E-state index contributed by atoms with van der Waals surface area (Å²) in [6, 6.07) is 6.02. The summed E-state index contributed by atoms with van der Waals surface area (Å²) in [5, 5.41) is 9.43. The molecule has 1 aromatic rings. The fourth-order valence-corrected chi connectivity index (χ4v) is 2.76. The van der Waals surface area contributed by atoms with E-state index in [1.54, 1.807) is 0 Å². The Morgan fingerprint density at radius 1 is 1.11 bits per heavy atom. The Bertz CT molecular complexity index is 454. The molecule has 0 spiro atoms. The van der Waals surface area contributed by atoms with Crippen LogP contribution in [-0.2, 0) is 6.42 Å². The highest BCUT2D eigenvalue weighted by atomic mass is 19.1. The quantitative estimate of drug-likeness (QED) is 0.714. The first kappa shape index (κ1) is 13.0. The zero-order valence-corrected chi connectivity index (χ0v) is 10.4. The van der Waals surface area contributed by atoms with Crippen molar-refractivity contribution in [3.63, 3.8) is 0 Å². The van der Waals surface area contributed by atoms with Gasteiger partial charge in [0.15, 0.2) is 0 Å². The molecule has 0 aromatic heterocycles. The lowest BCUT2D eigenvalue weighted by Crippen LogP contribution is -2.21. The average Bonchev–Trinajstić information content (AvgIpc) is 2.59. The standard InChI is InChI=1S/C15H17F2N/c16-13-6-5-12(14(17)9-13)10-15(11-18)7-3-1-2-4-8-15/h5-6,9H,1-4,7-8,10H2. The molecule has 1 saturated carbocycles. The molecule has 18 heavy (non-hydrogen) atoms. The molecule has 0 aliphatic heterocycles. The van der Waals surface area contributed by atoms with Gasteiger partial charge in [0, 0.05) is 6.07 Å². The van der Waals surface area contributed by atoms with Gasteiger partial charge in [0.25, 0.3) is 0 Å².